The summed E-state index contributed by atoms with van der Waals surface area (Å²) in [6, 6.07) is 5.04. The molecule has 33 heavy (non-hydrogen) atoms. The van der Waals surface area contributed by atoms with Crippen LogP contribution in [0.4, 0.5) is 18.9 Å². The number of alkyl halides is 3. The van der Waals surface area contributed by atoms with Crippen molar-refractivity contribution < 1.29 is 42.4 Å². The molecule has 0 amide bonds. The minimum atomic E-state index is -4.44. The third-order valence-electron chi connectivity index (χ3n) is 4.02. The molecule has 1 heterocycles. The molecule has 0 aliphatic heterocycles. The summed E-state index contributed by atoms with van der Waals surface area (Å²) in [6.07, 6.45) is -0.0150. The number of hydrogen-bond acceptors (Lipinski definition) is 7. The average Bonchev–Trinajstić information content (AvgIpc) is 2.75. The number of carboxylic acids is 2. The van der Waals surface area contributed by atoms with Crippen LogP contribution in [0.2, 0.25) is 0 Å². The van der Waals surface area contributed by atoms with E-state index in [-0.39, 0.29) is 17.5 Å². The van der Waals surface area contributed by atoms with Crippen LogP contribution in [0.1, 0.15) is 19.8 Å². The molecule has 0 aliphatic carbocycles. The molecule has 0 aliphatic rings. The first kappa shape index (κ1) is 27.5. The third-order valence-corrected chi connectivity index (χ3v) is 4.02. The van der Waals surface area contributed by atoms with Crippen LogP contribution in [0.3, 0.4) is 0 Å². The Kier molecular flexibility index (Phi) is 10.9. The number of benzene rings is 1. The fourth-order valence-electron chi connectivity index (χ4n) is 2.67. The molecule has 1 aromatic carbocycles. The van der Waals surface area contributed by atoms with Gasteiger partial charge in [0.2, 0.25) is 0 Å². The van der Waals surface area contributed by atoms with E-state index in [1.54, 1.807) is 24.4 Å². The lowest BCUT2D eigenvalue weighted by Crippen LogP contribution is -2.20. The largest absolute Gasteiger partial charge is 0.493 e. The normalized spacial score (nSPS) is 12.1. The van der Waals surface area contributed by atoms with E-state index in [0.29, 0.717) is 35.3 Å². The van der Waals surface area contributed by atoms with Gasteiger partial charge in [-0.1, -0.05) is 0 Å². The minimum Gasteiger partial charge on any atom is -0.493 e. The van der Waals surface area contributed by atoms with Crippen LogP contribution in [0.15, 0.2) is 36.5 Å². The number of nitrogens with zero attached hydrogens (tertiary/aromatic N) is 1. The van der Waals surface area contributed by atoms with Gasteiger partial charge in [-0.05, 0) is 38.4 Å². The number of nitrogens with one attached hydrogen (secondary N) is 1. The average molecular weight is 473 g/mol. The fourth-order valence-corrected chi connectivity index (χ4v) is 2.67. The molecule has 0 saturated carbocycles. The van der Waals surface area contributed by atoms with E-state index in [4.69, 9.17) is 25.4 Å². The Balaban J connectivity index is 0.000000582. The molecule has 1 unspecified atom stereocenters. The van der Waals surface area contributed by atoms with E-state index in [2.05, 4.69) is 10.3 Å². The van der Waals surface area contributed by atoms with Crippen molar-refractivity contribution >= 4 is 28.5 Å². The van der Waals surface area contributed by atoms with Gasteiger partial charge in [-0.3, -0.25) is 4.98 Å². The van der Waals surface area contributed by atoms with E-state index >= 15 is 0 Å². The van der Waals surface area contributed by atoms with Crippen molar-refractivity contribution in [3.05, 3.63) is 36.5 Å². The molecule has 0 saturated heterocycles. The van der Waals surface area contributed by atoms with Crippen LogP contribution >= 0.6 is 0 Å². The third kappa shape index (κ3) is 10.1. The second-order valence-corrected chi connectivity index (χ2v) is 6.75. The summed E-state index contributed by atoms with van der Waals surface area (Å²) in [7, 11) is 1.39. The number of rotatable bonds is 10. The van der Waals surface area contributed by atoms with Gasteiger partial charge in [-0.15, -0.1) is 0 Å². The van der Waals surface area contributed by atoms with Crippen LogP contribution < -0.4 is 20.5 Å². The SMILES string of the molecule is COc1cc(NC(C)CCCN)c2ncccc2c1OCC(F)(F)F.O=C(O)/C=C/C(=O)O. The van der Waals surface area contributed by atoms with E-state index in [1.165, 1.54) is 7.11 Å². The van der Waals surface area contributed by atoms with Gasteiger partial charge >= 0.3 is 18.1 Å². The van der Waals surface area contributed by atoms with Crippen LogP contribution in [0, 0.1) is 0 Å². The van der Waals surface area contributed by atoms with E-state index in [9.17, 15) is 22.8 Å². The van der Waals surface area contributed by atoms with Gasteiger partial charge in [0.1, 0.15) is 0 Å². The highest BCUT2D eigenvalue weighted by Gasteiger charge is 2.30. The Morgan fingerprint density at radius 3 is 2.42 bits per heavy atom. The zero-order chi connectivity index (χ0) is 25.0. The van der Waals surface area contributed by atoms with Crippen LogP contribution in [0.5, 0.6) is 11.5 Å². The first-order valence-corrected chi connectivity index (χ1v) is 9.74. The van der Waals surface area contributed by atoms with Crippen molar-refractivity contribution in [2.75, 3.05) is 25.6 Å². The van der Waals surface area contributed by atoms with Gasteiger partial charge in [0.15, 0.2) is 18.1 Å². The number of aromatic nitrogens is 1. The van der Waals surface area contributed by atoms with Gasteiger partial charge in [0, 0.05) is 35.8 Å². The Morgan fingerprint density at radius 2 is 1.91 bits per heavy atom. The molecule has 182 valence electrons. The molecule has 2 aromatic rings. The van der Waals surface area contributed by atoms with Crippen LogP contribution in [-0.2, 0) is 9.59 Å². The maximum atomic E-state index is 12.5. The predicted octanol–water partition coefficient (Wildman–Crippen LogP) is 3.44. The molecule has 1 aromatic heterocycles. The molecular formula is C21H26F3N3O6. The summed E-state index contributed by atoms with van der Waals surface area (Å²) < 4.78 is 47.9. The summed E-state index contributed by atoms with van der Waals surface area (Å²) in [5.74, 6) is -2.26. The fraction of sp³-hybridized carbons (Fsp3) is 0.381. The van der Waals surface area contributed by atoms with Crippen molar-refractivity contribution in [3.8, 4) is 11.5 Å². The first-order valence-electron chi connectivity index (χ1n) is 9.74. The highest BCUT2D eigenvalue weighted by Crippen LogP contribution is 2.40. The highest BCUT2D eigenvalue weighted by atomic mass is 19.4. The number of aliphatic carboxylic acids is 2. The number of carboxylic acid groups (broad SMARTS) is 2. The van der Waals surface area contributed by atoms with Crippen molar-refractivity contribution in [2.24, 2.45) is 5.73 Å². The summed E-state index contributed by atoms with van der Waals surface area (Å²) in [4.78, 5) is 23.4. The van der Waals surface area contributed by atoms with Gasteiger partial charge in [0.05, 0.1) is 18.3 Å². The Bertz CT molecular complexity index is 950. The zero-order valence-corrected chi connectivity index (χ0v) is 18.1. The lowest BCUT2D eigenvalue weighted by molar-refractivity contribution is -0.153. The number of carbonyl (C=O) groups is 2. The number of hydrogen-bond donors (Lipinski definition) is 4. The number of halogens is 3. The van der Waals surface area contributed by atoms with Gasteiger partial charge in [-0.25, -0.2) is 9.59 Å². The number of fused-ring (bicyclic) bond motifs is 1. The topological polar surface area (TPSA) is 144 Å². The van der Waals surface area contributed by atoms with Gasteiger partial charge in [0.25, 0.3) is 0 Å². The highest BCUT2D eigenvalue weighted by molar-refractivity contribution is 5.97. The molecule has 1 atom stereocenters. The van der Waals surface area contributed by atoms with Crippen molar-refractivity contribution in [2.45, 2.75) is 32.0 Å². The smallest absolute Gasteiger partial charge is 0.422 e. The van der Waals surface area contributed by atoms with Crippen molar-refractivity contribution in [1.29, 1.82) is 0 Å². The van der Waals surface area contributed by atoms with E-state index in [0.717, 1.165) is 12.8 Å². The number of ether oxygens (including phenoxy) is 2. The standard InChI is InChI=1S/C17H22F3N3O2.C4H4O4/c1-11(5-3-7-21)23-13-9-14(24-2)16(25-10-17(18,19)20)12-6-4-8-22-15(12)13;5-3(6)1-2-4(7)8/h4,6,8-9,11,23H,3,5,7,10,21H2,1-2H3;1-2H,(H,5,6)(H,7,8)/b;2-1+. The summed E-state index contributed by atoms with van der Waals surface area (Å²) in [5, 5.41) is 19.4. The second kappa shape index (κ2) is 13.1. The minimum absolute atomic E-state index is 0.0306. The molecule has 0 spiro atoms. The number of methoxy groups -OCH3 is 1. The Morgan fingerprint density at radius 1 is 1.27 bits per heavy atom. The number of anilines is 1. The summed E-state index contributed by atoms with van der Waals surface area (Å²) in [5.41, 5.74) is 6.73. The molecule has 2 rings (SSSR count). The van der Waals surface area contributed by atoms with E-state index < -0.39 is 24.7 Å². The van der Waals surface area contributed by atoms with Gasteiger partial charge in [-0.2, -0.15) is 13.2 Å². The molecule has 0 fully saturated rings. The quantitative estimate of drug-likeness (QED) is 0.381. The maximum absolute atomic E-state index is 12.5. The Hall–Kier alpha value is -3.54. The summed E-state index contributed by atoms with van der Waals surface area (Å²) >= 11 is 0. The van der Waals surface area contributed by atoms with E-state index in [1.807, 2.05) is 6.92 Å². The number of pyridine rings is 1. The number of nitrogens with two attached hydrogens (primary N) is 1. The monoisotopic (exact) mass is 473 g/mol. The Labute approximate surface area is 188 Å². The second-order valence-electron chi connectivity index (χ2n) is 6.75. The molecule has 0 radical (unpaired) electrons. The van der Waals surface area contributed by atoms with Crippen molar-refractivity contribution in [1.82, 2.24) is 4.98 Å². The van der Waals surface area contributed by atoms with Crippen LogP contribution in [0.25, 0.3) is 10.9 Å². The zero-order valence-electron chi connectivity index (χ0n) is 18.1. The lowest BCUT2D eigenvalue weighted by Gasteiger charge is -2.20. The van der Waals surface area contributed by atoms with Crippen molar-refractivity contribution in [3.63, 3.8) is 0 Å². The molecule has 9 nitrogen and oxygen atoms in total. The first-order chi connectivity index (χ1) is 15.5. The predicted molar refractivity (Wildman–Crippen MR) is 116 cm³/mol. The molecular weight excluding hydrogens is 447 g/mol. The van der Waals surface area contributed by atoms with Crippen LogP contribution in [-0.4, -0.2) is 59.6 Å². The molecule has 12 heteroatoms. The lowest BCUT2D eigenvalue weighted by atomic mass is 10.1. The molecule has 0 bridgehead atoms. The summed E-state index contributed by atoms with van der Waals surface area (Å²) in [6.45, 7) is 1.20. The van der Waals surface area contributed by atoms with Gasteiger partial charge < -0.3 is 30.7 Å². The molecule has 5 N–H and O–H groups in total. The maximum Gasteiger partial charge on any atom is 0.422 e.